The number of anilines is 1. The number of hydrazone groups is 1. The highest BCUT2D eigenvalue weighted by Crippen LogP contribution is 2.34. The minimum absolute atomic E-state index is 0.220. The van der Waals surface area contributed by atoms with Crippen LogP contribution < -0.4 is 5.01 Å². The van der Waals surface area contributed by atoms with Crippen molar-refractivity contribution in [1.82, 2.24) is 4.57 Å². The number of halogens is 5. The molecule has 0 saturated carbocycles. The first kappa shape index (κ1) is 25.1. The van der Waals surface area contributed by atoms with Gasteiger partial charge in [-0.2, -0.15) is 10.1 Å². The number of carbonyl (C=O) groups excluding carboxylic acids is 1. The highest BCUT2D eigenvalue weighted by molar-refractivity contribution is 6.35. The van der Waals surface area contributed by atoms with Gasteiger partial charge in [-0.05, 0) is 50.1 Å². The number of para-hydroxylation sites is 1. The molecule has 0 fully saturated rings. The smallest absolute Gasteiger partial charge is 0.280 e. The van der Waals surface area contributed by atoms with Crippen molar-refractivity contribution in [3.63, 3.8) is 0 Å². The first-order valence-corrected chi connectivity index (χ1v) is 12.1. The molecule has 0 spiro atoms. The van der Waals surface area contributed by atoms with Crippen molar-refractivity contribution < 1.29 is 18.0 Å². The molecule has 1 aromatic heterocycles. The van der Waals surface area contributed by atoms with E-state index in [1.807, 2.05) is 38.1 Å². The van der Waals surface area contributed by atoms with Crippen molar-refractivity contribution in [3.05, 3.63) is 104 Å². The van der Waals surface area contributed by atoms with Gasteiger partial charge in [-0.1, -0.05) is 47.5 Å². The van der Waals surface area contributed by atoms with Crippen molar-refractivity contribution in [2.45, 2.75) is 27.3 Å². The summed E-state index contributed by atoms with van der Waals surface area (Å²) in [5.74, 6) is -4.35. The predicted molar refractivity (Wildman–Crippen MR) is 142 cm³/mol. The van der Waals surface area contributed by atoms with Gasteiger partial charge in [0.1, 0.15) is 5.69 Å². The van der Waals surface area contributed by atoms with Gasteiger partial charge in [0.25, 0.3) is 5.91 Å². The Morgan fingerprint density at radius 1 is 0.946 bits per heavy atom. The fourth-order valence-electron chi connectivity index (χ4n) is 4.61. The van der Waals surface area contributed by atoms with E-state index in [0.29, 0.717) is 34.4 Å². The van der Waals surface area contributed by atoms with Crippen LogP contribution in [0, 0.1) is 31.3 Å². The lowest BCUT2D eigenvalue weighted by Crippen LogP contribution is -2.22. The minimum Gasteiger partial charge on any atom is -0.340 e. The van der Waals surface area contributed by atoms with Crippen LogP contribution in [0.2, 0.25) is 10.0 Å². The van der Waals surface area contributed by atoms with Crippen molar-refractivity contribution in [3.8, 4) is 0 Å². The maximum Gasteiger partial charge on any atom is 0.280 e. The van der Waals surface area contributed by atoms with E-state index in [-0.39, 0.29) is 5.57 Å². The number of carbonyl (C=O) groups is 1. The van der Waals surface area contributed by atoms with Gasteiger partial charge in [0, 0.05) is 45.4 Å². The zero-order valence-corrected chi connectivity index (χ0v) is 21.6. The van der Waals surface area contributed by atoms with Gasteiger partial charge >= 0.3 is 0 Å². The molecule has 0 radical (unpaired) electrons. The van der Waals surface area contributed by atoms with E-state index < -0.39 is 29.0 Å². The van der Waals surface area contributed by atoms with Crippen molar-refractivity contribution in [2.24, 2.45) is 5.10 Å². The van der Waals surface area contributed by atoms with E-state index in [1.165, 1.54) is 0 Å². The Morgan fingerprint density at radius 2 is 1.68 bits per heavy atom. The van der Waals surface area contributed by atoms with E-state index in [2.05, 4.69) is 9.67 Å². The number of rotatable bonds is 4. The topological polar surface area (TPSA) is 37.6 Å². The molecule has 5 rings (SSSR count). The van der Waals surface area contributed by atoms with Gasteiger partial charge in [-0.25, -0.2) is 13.2 Å². The number of hydrogen-bond acceptors (Lipinski definition) is 2. The molecule has 9 heteroatoms. The standard InChI is InChI=1S/C28H20Cl2F3N3O/c1-14-5-4-6-19-21(16(3)35(27(14)19)13-17-7-8-18(29)9-22(17)30)10-20-15(2)34-36(28(20)37)26-12-24(32)23(31)11-25(26)33/h4-12H,13H2,1-3H3/b20-10+. The van der Waals surface area contributed by atoms with Gasteiger partial charge < -0.3 is 4.57 Å². The summed E-state index contributed by atoms with van der Waals surface area (Å²) >= 11 is 12.5. The third kappa shape index (κ3) is 4.32. The Kier molecular flexibility index (Phi) is 6.38. The minimum atomic E-state index is -1.34. The third-order valence-corrected chi connectivity index (χ3v) is 7.09. The maximum atomic E-state index is 14.4. The predicted octanol–water partition coefficient (Wildman–Crippen LogP) is 7.84. The first-order chi connectivity index (χ1) is 17.6. The second-order valence-electron chi connectivity index (χ2n) is 8.87. The highest BCUT2D eigenvalue weighted by Gasteiger charge is 2.32. The fraction of sp³-hybridized carbons (Fsp3) is 0.143. The second kappa shape index (κ2) is 9.39. The number of aryl methyl sites for hydroxylation is 1. The Bertz CT molecular complexity index is 1670. The molecule has 0 atom stereocenters. The molecule has 37 heavy (non-hydrogen) atoms. The summed E-state index contributed by atoms with van der Waals surface area (Å²) in [6.07, 6.45) is 1.70. The highest BCUT2D eigenvalue weighted by atomic mass is 35.5. The van der Waals surface area contributed by atoms with Crippen molar-refractivity contribution in [2.75, 3.05) is 5.01 Å². The lowest BCUT2D eigenvalue weighted by Gasteiger charge is -2.13. The number of amides is 1. The summed E-state index contributed by atoms with van der Waals surface area (Å²) in [7, 11) is 0. The lowest BCUT2D eigenvalue weighted by atomic mass is 10.0. The molecule has 1 aliphatic rings. The maximum absolute atomic E-state index is 14.4. The Balaban J connectivity index is 1.62. The van der Waals surface area contributed by atoms with Crippen LogP contribution in [0.15, 0.2) is 59.2 Å². The van der Waals surface area contributed by atoms with Gasteiger partial charge in [0.2, 0.25) is 0 Å². The van der Waals surface area contributed by atoms with Gasteiger partial charge in [0.15, 0.2) is 17.5 Å². The number of nitrogens with zero attached hydrogens (tertiary/aromatic N) is 3. The van der Waals surface area contributed by atoms with Crippen molar-refractivity contribution >= 4 is 57.5 Å². The molecule has 1 aliphatic heterocycles. The first-order valence-electron chi connectivity index (χ1n) is 11.4. The molecular formula is C28H20Cl2F3N3O. The molecule has 1 amide bonds. The summed E-state index contributed by atoms with van der Waals surface area (Å²) in [5.41, 5.74) is 4.63. The fourth-order valence-corrected chi connectivity index (χ4v) is 5.08. The Hall–Kier alpha value is -3.55. The van der Waals surface area contributed by atoms with Crippen LogP contribution in [0.5, 0.6) is 0 Å². The van der Waals surface area contributed by atoms with Gasteiger partial charge in [0.05, 0.1) is 16.8 Å². The molecule has 2 heterocycles. The monoisotopic (exact) mass is 541 g/mol. The van der Waals surface area contributed by atoms with E-state index >= 15 is 0 Å². The van der Waals surface area contributed by atoms with Crippen LogP contribution in [-0.4, -0.2) is 16.2 Å². The van der Waals surface area contributed by atoms with E-state index in [9.17, 15) is 18.0 Å². The Labute approximate surface area is 221 Å². The normalized spacial score (nSPS) is 14.8. The van der Waals surface area contributed by atoms with E-state index in [0.717, 1.165) is 38.3 Å². The molecule has 0 bridgehead atoms. The molecule has 4 nitrogen and oxygen atoms in total. The summed E-state index contributed by atoms with van der Waals surface area (Å²) in [6.45, 7) is 6.02. The number of benzene rings is 3. The summed E-state index contributed by atoms with van der Waals surface area (Å²) in [4.78, 5) is 13.3. The summed E-state index contributed by atoms with van der Waals surface area (Å²) in [6, 6.07) is 12.3. The molecule has 4 aromatic rings. The van der Waals surface area contributed by atoms with Gasteiger partial charge in [-0.3, -0.25) is 4.79 Å². The zero-order chi connectivity index (χ0) is 26.6. The van der Waals surface area contributed by atoms with Crippen LogP contribution in [0.3, 0.4) is 0 Å². The molecule has 0 unspecified atom stereocenters. The van der Waals surface area contributed by atoms with Crippen LogP contribution in [0.1, 0.15) is 29.3 Å². The molecule has 0 aliphatic carbocycles. The number of hydrogen-bond donors (Lipinski definition) is 0. The number of aromatic nitrogens is 1. The molecule has 188 valence electrons. The van der Waals surface area contributed by atoms with Crippen molar-refractivity contribution in [1.29, 1.82) is 0 Å². The molecule has 3 aromatic carbocycles. The average molecular weight is 542 g/mol. The van der Waals surface area contributed by atoms with E-state index in [4.69, 9.17) is 23.2 Å². The molecule has 0 saturated heterocycles. The Morgan fingerprint density at radius 3 is 2.41 bits per heavy atom. The average Bonchev–Trinajstić information content (AvgIpc) is 3.27. The summed E-state index contributed by atoms with van der Waals surface area (Å²) in [5, 5.41) is 6.89. The third-order valence-electron chi connectivity index (χ3n) is 6.51. The lowest BCUT2D eigenvalue weighted by molar-refractivity contribution is -0.114. The molecule has 0 N–H and O–H groups in total. The molecular weight excluding hydrogens is 522 g/mol. The van der Waals surface area contributed by atoms with Crippen LogP contribution in [0.4, 0.5) is 18.9 Å². The second-order valence-corrected chi connectivity index (χ2v) is 9.71. The summed E-state index contributed by atoms with van der Waals surface area (Å²) < 4.78 is 43.8. The largest absolute Gasteiger partial charge is 0.340 e. The van der Waals surface area contributed by atoms with Gasteiger partial charge in [-0.15, -0.1) is 0 Å². The zero-order valence-electron chi connectivity index (χ0n) is 20.0. The van der Waals surface area contributed by atoms with Crippen LogP contribution in [-0.2, 0) is 11.3 Å². The number of fused-ring (bicyclic) bond motifs is 1. The SMILES string of the molecule is CC1=NN(c2cc(F)c(F)cc2F)C(=O)/C1=C/c1c(C)n(Cc2ccc(Cl)cc2Cl)c2c(C)cccc12. The van der Waals surface area contributed by atoms with Crippen LogP contribution >= 0.6 is 23.2 Å². The van der Waals surface area contributed by atoms with Crippen LogP contribution in [0.25, 0.3) is 17.0 Å². The van der Waals surface area contributed by atoms with E-state index in [1.54, 1.807) is 25.1 Å². The quantitative estimate of drug-likeness (QED) is 0.191.